The fourth-order valence-corrected chi connectivity index (χ4v) is 1.55. The molecule has 1 unspecified atom stereocenters. The molecule has 4 heteroatoms. The molecule has 14 heavy (non-hydrogen) atoms. The highest BCUT2D eigenvalue weighted by molar-refractivity contribution is 7.80. The van der Waals surface area contributed by atoms with Crippen LogP contribution in [0.2, 0.25) is 0 Å². The number of thiocarbonyl (C=S) groups is 1. The molecule has 0 fully saturated rings. The Hall–Kier alpha value is -0.350. The zero-order chi connectivity index (χ0) is 11.0. The van der Waals surface area contributed by atoms with Gasteiger partial charge in [-0.2, -0.15) is 0 Å². The number of hydrogen-bond donors (Lipinski definition) is 2. The molecule has 0 amide bonds. The van der Waals surface area contributed by atoms with E-state index in [-0.39, 0.29) is 0 Å². The van der Waals surface area contributed by atoms with E-state index >= 15 is 0 Å². The molecule has 0 rings (SSSR count). The summed E-state index contributed by atoms with van der Waals surface area (Å²) in [7, 11) is 4.12. The van der Waals surface area contributed by atoms with Gasteiger partial charge in [0.1, 0.15) is 0 Å². The summed E-state index contributed by atoms with van der Waals surface area (Å²) in [5.41, 5.74) is 0. The lowest BCUT2D eigenvalue weighted by Crippen LogP contribution is -2.44. The van der Waals surface area contributed by atoms with Gasteiger partial charge in [0.15, 0.2) is 5.11 Å². The van der Waals surface area contributed by atoms with Crippen molar-refractivity contribution in [1.82, 2.24) is 15.5 Å². The van der Waals surface area contributed by atoms with E-state index in [0.717, 1.165) is 18.2 Å². The molecule has 0 aromatic rings. The van der Waals surface area contributed by atoms with Crippen LogP contribution < -0.4 is 10.6 Å². The monoisotopic (exact) mass is 217 g/mol. The van der Waals surface area contributed by atoms with Crippen molar-refractivity contribution in [2.45, 2.75) is 32.7 Å². The maximum atomic E-state index is 5.16. The van der Waals surface area contributed by atoms with Crippen LogP contribution in [0.25, 0.3) is 0 Å². The van der Waals surface area contributed by atoms with Crippen LogP contribution in [-0.2, 0) is 0 Å². The van der Waals surface area contributed by atoms with E-state index in [0.29, 0.717) is 6.04 Å². The molecule has 0 spiro atoms. The van der Waals surface area contributed by atoms with Crippen LogP contribution in [0.15, 0.2) is 0 Å². The standard InChI is InChI=1S/C10H23N3S/c1-5-6-7-11-10(14)12-9(2)8-13(3)4/h9H,5-8H2,1-4H3,(H2,11,12,14). The Kier molecular flexibility index (Phi) is 7.80. The van der Waals surface area contributed by atoms with E-state index in [2.05, 4.69) is 43.5 Å². The van der Waals surface area contributed by atoms with E-state index < -0.39 is 0 Å². The Morgan fingerprint density at radius 2 is 2.07 bits per heavy atom. The van der Waals surface area contributed by atoms with E-state index in [1.54, 1.807) is 0 Å². The lowest BCUT2D eigenvalue weighted by molar-refractivity contribution is 0.369. The number of rotatable bonds is 6. The molecule has 0 heterocycles. The third kappa shape index (κ3) is 8.26. The van der Waals surface area contributed by atoms with Gasteiger partial charge in [0.2, 0.25) is 0 Å². The van der Waals surface area contributed by atoms with Gasteiger partial charge in [-0.1, -0.05) is 13.3 Å². The summed E-state index contributed by atoms with van der Waals surface area (Å²) >= 11 is 5.16. The average Bonchev–Trinajstić information content (AvgIpc) is 2.02. The highest BCUT2D eigenvalue weighted by atomic mass is 32.1. The minimum atomic E-state index is 0.395. The van der Waals surface area contributed by atoms with Crippen molar-refractivity contribution in [2.75, 3.05) is 27.2 Å². The molecule has 0 bridgehead atoms. The van der Waals surface area contributed by atoms with E-state index in [4.69, 9.17) is 12.2 Å². The summed E-state index contributed by atoms with van der Waals surface area (Å²) in [6.45, 7) is 6.27. The normalized spacial score (nSPS) is 12.6. The van der Waals surface area contributed by atoms with Gasteiger partial charge in [-0.05, 0) is 39.7 Å². The molecule has 1 atom stereocenters. The fraction of sp³-hybridized carbons (Fsp3) is 0.900. The number of hydrogen-bond acceptors (Lipinski definition) is 2. The summed E-state index contributed by atoms with van der Waals surface area (Å²) in [6, 6.07) is 0.395. The second-order valence-electron chi connectivity index (χ2n) is 3.92. The first-order valence-electron chi connectivity index (χ1n) is 5.25. The summed E-state index contributed by atoms with van der Waals surface area (Å²) in [4.78, 5) is 2.15. The van der Waals surface area contributed by atoms with Crippen molar-refractivity contribution >= 4 is 17.3 Å². The van der Waals surface area contributed by atoms with Gasteiger partial charge in [-0.25, -0.2) is 0 Å². The van der Waals surface area contributed by atoms with Crippen molar-refractivity contribution in [3.8, 4) is 0 Å². The second-order valence-corrected chi connectivity index (χ2v) is 4.33. The quantitative estimate of drug-likeness (QED) is 0.516. The molecule has 0 aromatic carbocycles. The third-order valence-corrected chi connectivity index (χ3v) is 2.09. The summed E-state index contributed by atoms with van der Waals surface area (Å²) in [5, 5.41) is 7.21. The number of likely N-dealkylation sites (N-methyl/N-ethyl adjacent to an activating group) is 1. The van der Waals surface area contributed by atoms with E-state index in [1.165, 1.54) is 12.8 Å². The first-order valence-corrected chi connectivity index (χ1v) is 5.66. The second kappa shape index (κ2) is 8.00. The van der Waals surface area contributed by atoms with E-state index in [9.17, 15) is 0 Å². The van der Waals surface area contributed by atoms with E-state index in [1.807, 2.05) is 0 Å². The topological polar surface area (TPSA) is 27.3 Å². The SMILES string of the molecule is CCCCNC(=S)NC(C)CN(C)C. The molecule has 0 aliphatic heterocycles. The molecule has 0 aliphatic carbocycles. The van der Waals surface area contributed by atoms with Gasteiger partial charge in [0, 0.05) is 19.1 Å². The summed E-state index contributed by atoms with van der Waals surface area (Å²) in [6.07, 6.45) is 2.37. The van der Waals surface area contributed by atoms with Crippen LogP contribution in [0.1, 0.15) is 26.7 Å². The molecular weight excluding hydrogens is 194 g/mol. The minimum absolute atomic E-state index is 0.395. The molecule has 2 N–H and O–H groups in total. The Labute approximate surface area is 93.2 Å². The van der Waals surface area contributed by atoms with Crippen molar-refractivity contribution in [3.05, 3.63) is 0 Å². The Morgan fingerprint density at radius 3 is 2.57 bits per heavy atom. The Bertz CT molecular complexity index is 159. The summed E-state index contributed by atoms with van der Waals surface area (Å²) < 4.78 is 0. The predicted octanol–water partition coefficient (Wildman–Crippen LogP) is 1.20. The van der Waals surface area contributed by atoms with Gasteiger partial charge in [-0.15, -0.1) is 0 Å². The van der Waals surface area contributed by atoms with Crippen LogP contribution >= 0.6 is 12.2 Å². The molecule has 0 saturated carbocycles. The Morgan fingerprint density at radius 1 is 1.43 bits per heavy atom. The third-order valence-electron chi connectivity index (χ3n) is 1.83. The molecule has 0 aliphatic rings. The maximum Gasteiger partial charge on any atom is 0.166 e. The first kappa shape index (κ1) is 13.7. The van der Waals surface area contributed by atoms with Crippen LogP contribution in [0.4, 0.5) is 0 Å². The molecule has 0 aromatic heterocycles. The van der Waals surface area contributed by atoms with Gasteiger partial charge >= 0.3 is 0 Å². The van der Waals surface area contributed by atoms with Crippen LogP contribution in [0.3, 0.4) is 0 Å². The molecule has 0 saturated heterocycles. The zero-order valence-electron chi connectivity index (χ0n) is 9.76. The average molecular weight is 217 g/mol. The van der Waals surface area contributed by atoms with Crippen LogP contribution in [0, 0.1) is 0 Å². The van der Waals surface area contributed by atoms with Crippen molar-refractivity contribution in [2.24, 2.45) is 0 Å². The first-order chi connectivity index (χ1) is 6.56. The van der Waals surface area contributed by atoms with Gasteiger partial charge in [-0.3, -0.25) is 0 Å². The van der Waals surface area contributed by atoms with Gasteiger partial charge < -0.3 is 15.5 Å². The molecular formula is C10H23N3S. The summed E-state index contributed by atoms with van der Waals surface area (Å²) in [5.74, 6) is 0. The van der Waals surface area contributed by atoms with Crippen molar-refractivity contribution < 1.29 is 0 Å². The lowest BCUT2D eigenvalue weighted by atomic mass is 10.3. The van der Waals surface area contributed by atoms with Crippen molar-refractivity contribution in [3.63, 3.8) is 0 Å². The highest BCUT2D eigenvalue weighted by Gasteiger charge is 2.03. The maximum absolute atomic E-state index is 5.16. The lowest BCUT2D eigenvalue weighted by Gasteiger charge is -2.20. The van der Waals surface area contributed by atoms with Gasteiger partial charge in [0.25, 0.3) is 0 Å². The molecule has 0 radical (unpaired) electrons. The highest BCUT2D eigenvalue weighted by Crippen LogP contribution is 1.86. The zero-order valence-corrected chi connectivity index (χ0v) is 10.6. The smallest absolute Gasteiger partial charge is 0.166 e. The van der Waals surface area contributed by atoms with Crippen LogP contribution in [0.5, 0.6) is 0 Å². The van der Waals surface area contributed by atoms with Crippen LogP contribution in [-0.4, -0.2) is 43.2 Å². The Balaban J connectivity index is 3.50. The fourth-order valence-electron chi connectivity index (χ4n) is 1.25. The number of nitrogens with zero attached hydrogens (tertiary/aromatic N) is 1. The predicted molar refractivity (Wildman–Crippen MR) is 66.7 cm³/mol. The largest absolute Gasteiger partial charge is 0.363 e. The molecule has 3 nitrogen and oxygen atoms in total. The number of unbranched alkanes of at least 4 members (excludes halogenated alkanes) is 1. The minimum Gasteiger partial charge on any atom is -0.363 e. The molecule has 84 valence electrons. The van der Waals surface area contributed by atoms with Gasteiger partial charge in [0.05, 0.1) is 0 Å². The number of nitrogens with one attached hydrogen (secondary N) is 2. The van der Waals surface area contributed by atoms with Crippen molar-refractivity contribution in [1.29, 1.82) is 0 Å².